The van der Waals surface area contributed by atoms with Gasteiger partial charge in [0.05, 0.1) is 11.1 Å². The van der Waals surface area contributed by atoms with Crippen LogP contribution in [0.1, 0.15) is 5.56 Å². The van der Waals surface area contributed by atoms with Crippen LogP contribution in [0, 0.1) is 0 Å². The van der Waals surface area contributed by atoms with Gasteiger partial charge in [0.15, 0.2) is 0 Å². The molecule has 146 valence electrons. The Hall–Kier alpha value is -3.99. The Labute approximate surface area is 174 Å². The largest absolute Gasteiger partial charge is 0.471 e. The first-order valence-electron chi connectivity index (χ1n) is 9.78. The minimum Gasteiger partial charge on any atom is -0.471 e. The molecular formula is C25H20N4O. The summed E-state index contributed by atoms with van der Waals surface area (Å²) in [4.78, 5) is 8.64. The van der Waals surface area contributed by atoms with E-state index in [4.69, 9.17) is 4.74 Å². The lowest BCUT2D eigenvalue weighted by Gasteiger charge is -2.09. The third-order valence-electron chi connectivity index (χ3n) is 5.06. The molecule has 3 aromatic heterocycles. The van der Waals surface area contributed by atoms with Gasteiger partial charge in [-0.3, -0.25) is 14.6 Å². The molecule has 0 saturated heterocycles. The first kappa shape index (κ1) is 18.1. The second-order valence-electron chi connectivity index (χ2n) is 7.12. The molecule has 5 nitrogen and oxygen atoms in total. The summed E-state index contributed by atoms with van der Waals surface area (Å²) in [6.07, 6.45) is 7.34. The molecule has 0 spiro atoms. The highest BCUT2D eigenvalue weighted by molar-refractivity contribution is 5.93. The molecule has 5 rings (SSSR count). The van der Waals surface area contributed by atoms with E-state index in [1.807, 2.05) is 37.6 Å². The molecular weight excluding hydrogens is 372 g/mol. The zero-order valence-electron chi connectivity index (χ0n) is 16.6. The fraction of sp³-hybridized carbons (Fsp3) is 0.0800. The third-order valence-corrected chi connectivity index (χ3v) is 5.06. The van der Waals surface area contributed by atoms with Crippen molar-refractivity contribution in [3.63, 3.8) is 0 Å². The lowest BCUT2D eigenvalue weighted by Crippen LogP contribution is -1.98. The summed E-state index contributed by atoms with van der Waals surface area (Å²) in [5.41, 5.74) is 6.35. The lowest BCUT2D eigenvalue weighted by atomic mass is 10.0. The smallest absolute Gasteiger partial charge is 0.241 e. The molecule has 5 heteroatoms. The van der Waals surface area contributed by atoms with Crippen molar-refractivity contribution in [2.45, 2.75) is 6.61 Å². The molecule has 0 atom stereocenters. The predicted octanol–water partition coefficient (Wildman–Crippen LogP) is 5.28. The summed E-state index contributed by atoms with van der Waals surface area (Å²) >= 11 is 0. The maximum atomic E-state index is 6.05. The molecule has 0 aliphatic heterocycles. The van der Waals surface area contributed by atoms with Gasteiger partial charge >= 0.3 is 0 Å². The minimum atomic E-state index is 0.448. The Balaban J connectivity index is 1.37. The number of nitrogens with zero attached hydrogens (tertiary/aromatic N) is 4. The maximum absolute atomic E-state index is 6.05. The lowest BCUT2D eigenvalue weighted by molar-refractivity contribution is 0.292. The quantitative estimate of drug-likeness (QED) is 0.408. The molecule has 0 saturated carbocycles. The van der Waals surface area contributed by atoms with Gasteiger partial charge in [0.2, 0.25) is 5.88 Å². The number of hydrogen-bond donors (Lipinski definition) is 0. The van der Waals surface area contributed by atoms with E-state index in [0.29, 0.717) is 12.5 Å². The van der Waals surface area contributed by atoms with E-state index in [1.54, 1.807) is 17.1 Å². The second-order valence-corrected chi connectivity index (χ2v) is 7.12. The van der Waals surface area contributed by atoms with Crippen molar-refractivity contribution in [3.05, 3.63) is 97.1 Å². The van der Waals surface area contributed by atoms with E-state index < -0.39 is 0 Å². The molecule has 2 aromatic carbocycles. The predicted molar refractivity (Wildman–Crippen MR) is 118 cm³/mol. The minimum absolute atomic E-state index is 0.448. The first-order valence-corrected chi connectivity index (χ1v) is 9.78. The highest BCUT2D eigenvalue weighted by atomic mass is 16.5. The number of hydrogen-bond acceptors (Lipinski definition) is 4. The molecule has 0 fully saturated rings. The van der Waals surface area contributed by atoms with E-state index in [0.717, 1.165) is 38.7 Å². The number of aromatic nitrogens is 4. The zero-order valence-corrected chi connectivity index (χ0v) is 16.6. The molecule has 5 aromatic rings. The summed E-state index contributed by atoms with van der Waals surface area (Å²) in [6.45, 7) is 0.448. The van der Waals surface area contributed by atoms with Crippen LogP contribution in [0.15, 0.2) is 91.5 Å². The Bertz CT molecular complexity index is 1290. The zero-order chi connectivity index (χ0) is 20.3. The van der Waals surface area contributed by atoms with Gasteiger partial charge in [-0.1, -0.05) is 48.5 Å². The Morgan fingerprint density at radius 3 is 2.40 bits per heavy atom. The molecule has 0 amide bonds. The molecule has 0 N–H and O–H groups in total. The molecule has 0 aliphatic carbocycles. The maximum Gasteiger partial charge on any atom is 0.241 e. The summed E-state index contributed by atoms with van der Waals surface area (Å²) in [5, 5.41) is 5.61. The van der Waals surface area contributed by atoms with E-state index >= 15 is 0 Å². The highest BCUT2D eigenvalue weighted by Crippen LogP contribution is 2.30. The van der Waals surface area contributed by atoms with Crippen LogP contribution in [0.5, 0.6) is 5.88 Å². The van der Waals surface area contributed by atoms with Crippen molar-refractivity contribution in [2.24, 2.45) is 7.05 Å². The summed E-state index contributed by atoms with van der Waals surface area (Å²) in [5.74, 6) is 0.617. The van der Waals surface area contributed by atoms with Gasteiger partial charge in [0, 0.05) is 42.8 Å². The van der Waals surface area contributed by atoms with Crippen LogP contribution < -0.4 is 4.74 Å². The van der Waals surface area contributed by atoms with E-state index in [1.165, 1.54) is 0 Å². The van der Waals surface area contributed by atoms with Gasteiger partial charge < -0.3 is 4.74 Å². The Morgan fingerprint density at radius 1 is 0.800 bits per heavy atom. The van der Waals surface area contributed by atoms with Gasteiger partial charge in [0.1, 0.15) is 6.61 Å². The number of rotatable bonds is 5. The van der Waals surface area contributed by atoms with Gasteiger partial charge in [0.25, 0.3) is 0 Å². The van der Waals surface area contributed by atoms with Crippen LogP contribution in [-0.4, -0.2) is 19.7 Å². The number of para-hydroxylation sites is 1. The number of ether oxygens (including phenoxy) is 1. The van der Waals surface area contributed by atoms with E-state index in [9.17, 15) is 0 Å². The van der Waals surface area contributed by atoms with Crippen molar-refractivity contribution in [3.8, 4) is 28.1 Å². The average molecular weight is 392 g/mol. The van der Waals surface area contributed by atoms with Crippen LogP contribution in [0.4, 0.5) is 0 Å². The number of fused-ring (bicyclic) bond motifs is 1. The van der Waals surface area contributed by atoms with E-state index in [-0.39, 0.29) is 0 Å². The van der Waals surface area contributed by atoms with Gasteiger partial charge in [-0.15, -0.1) is 5.10 Å². The van der Waals surface area contributed by atoms with E-state index in [2.05, 4.69) is 63.6 Å². The van der Waals surface area contributed by atoms with Crippen LogP contribution in [0.3, 0.4) is 0 Å². The first-order chi connectivity index (χ1) is 14.8. The fourth-order valence-corrected chi connectivity index (χ4v) is 3.57. The third kappa shape index (κ3) is 3.53. The normalized spacial score (nSPS) is 11.0. The molecule has 0 bridgehead atoms. The number of benzene rings is 2. The topological polar surface area (TPSA) is 52.8 Å². The monoisotopic (exact) mass is 392 g/mol. The Morgan fingerprint density at radius 2 is 1.57 bits per heavy atom. The van der Waals surface area contributed by atoms with Gasteiger partial charge in [-0.2, -0.15) is 0 Å². The number of pyridine rings is 2. The van der Waals surface area contributed by atoms with Crippen LogP contribution in [-0.2, 0) is 13.7 Å². The summed E-state index contributed by atoms with van der Waals surface area (Å²) in [7, 11) is 1.89. The SMILES string of the molecule is Cn1cc(-c2ccncc2)c(OCc2ccc(-c3cccc4cccnc34)cc2)n1. The van der Waals surface area contributed by atoms with Gasteiger partial charge in [-0.25, -0.2) is 0 Å². The second kappa shape index (κ2) is 7.79. The molecule has 0 unspecified atom stereocenters. The van der Waals surface area contributed by atoms with Crippen LogP contribution in [0.2, 0.25) is 0 Å². The van der Waals surface area contributed by atoms with Crippen molar-refractivity contribution in [1.82, 2.24) is 19.7 Å². The molecule has 30 heavy (non-hydrogen) atoms. The fourth-order valence-electron chi connectivity index (χ4n) is 3.57. The van der Waals surface area contributed by atoms with Gasteiger partial charge in [-0.05, 0) is 34.9 Å². The van der Waals surface area contributed by atoms with Crippen molar-refractivity contribution < 1.29 is 4.74 Å². The average Bonchev–Trinajstić information content (AvgIpc) is 3.19. The van der Waals surface area contributed by atoms with Crippen molar-refractivity contribution in [1.29, 1.82) is 0 Å². The Kier molecular flexibility index (Phi) is 4.69. The summed E-state index contributed by atoms with van der Waals surface area (Å²) < 4.78 is 7.82. The molecule has 0 aliphatic rings. The van der Waals surface area contributed by atoms with Crippen LogP contribution in [0.25, 0.3) is 33.2 Å². The standard InChI is InChI=1S/C25H20N4O/c1-29-16-23(20-11-14-26-15-12-20)25(28-29)30-17-18-7-9-19(10-8-18)22-6-2-4-21-5-3-13-27-24(21)22/h2-16H,17H2,1H3. The number of aryl methyl sites for hydroxylation is 1. The highest BCUT2D eigenvalue weighted by Gasteiger charge is 2.12. The summed E-state index contributed by atoms with van der Waals surface area (Å²) in [6, 6.07) is 22.6. The molecule has 0 radical (unpaired) electrons. The van der Waals surface area contributed by atoms with Crippen LogP contribution >= 0.6 is 0 Å². The van der Waals surface area contributed by atoms with Crippen molar-refractivity contribution in [2.75, 3.05) is 0 Å². The molecule has 3 heterocycles. The van der Waals surface area contributed by atoms with Crippen molar-refractivity contribution >= 4 is 10.9 Å².